The van der Waals surface area contributed by atoms with Crippen LogP contribution in [0.4, 0.5) is 0 Å². The zero-order valence-corrected chi connectivity index (χ0v) is 14.4. The molecule has 0 radical (unpaired) electrons. The summed E-state index contributed by atoms with van der Waals surface area (Å²) < 4.78 is 0. The van der Waals surface area contributed by atoms with Crippen LogP contribution in [0, 0.1) is 31.1 Å². The first-order chi connectivity index (χ1) is 8.77. The van der Waals surface area contributed by atoms with Gasteiger partial charge in [0.25, 0.3) is 0 Å². The Morgan fingerprint density at radius 3 is 2.47 bits per heavy atom. The van der Waals surface area contributed by atoms with E-state index < -0.39 is 0 Å². The molecular weight excluding hydrogens is 274 g/mol. The summed E-state index contributed by atoms with van der Waals surface area (Å²) in [5.41, 5.74) is 1.60. The van der Waals surface area contributed by atoms with Gasteiger partial charge in [-0.25, -0.2) is 4.98 Å². The number of hydrogen-bond donors (Lipinski definition) is 0. The minimum Gasteiger partial charge on any atom is -0.246 e. The van der Waals surface area contributed by atoms with Gasteiger partial charge in [0, 0.05) is 16.7 Å². The highest BCUT2D eigenvalue weighted by Crippen LogP contribution is 2.43. The molecule has 3 heteroatoms. The Hall–Kier alpha value is -0.0800. The maximum Gasteiger partial charge on any atom is 0.0934 e. The van der Waals surface area contributed by atoms with Crippen LogP contribution in [0.3, 0.4) is 0 Å². The second kappa shape index (κ2) is 5.73. The van der Waals surface area contributed by atoms with Gasteiger partial charge >= 0.3 is 0 Å². The van der Waals surface area contributed by atoms with Crippen LogP contribution in [0.15, 0.2) is 0 Å². The van der Waals surface area contributed by atoms with E-state index in [0.717, 1.165) is 18.8 Å². The maximum absolute atomic E-state index is 6.57. The minimum atomic E-state index is 0.336. The van der Waals surface area contributed by atoms with Crippen molar-refractivity contribution in [1.82, 2.24) is 4.98 Å². The van der Waals surface area contributed by atoms with Crippen molar-refractivity contribution in [1.29, 1.82) is 0 Å². The lowest BCUT2D eigenvalue weighted by Crippen LogP contribution is -2.33. The fourth-order valence-electron chi connectivity index (χ4n) is 3.08. The molecule has 1 aliphatic rings. The first kappa shape index (κ1) is 15.3. The Bertz CT molecular complexity index is 413. The lowest BCUT2D eigenvalue weighted by atomic mass is 9.68. The summed E-state index contributed by atoms with van der Waals surface area (Å²) in [7, 11) is 0. The molecule has 108 valence electrons. The van der Waals surface area contributed by atoms with Crippen LogP contribution in [-0.2, 0) is 6.42 Å². The number of halogens is 1. The Balaban J connectivity index is 2.05. The van der Waals surface area contributed by atoms with Crippen LogP contribution in [0.5, 0.6) is 0 Å². The Labute approximate surface area is 126 Å². The molecule has 1 saturated carbocycles. The van der Waals surface area contributed by atoms with Gasteiger partial charge in [0.1, 0.15) is 0 Å². The number of hydrogen-bond acceptors (Lipinski definition) is 2. The van der Waals surface area contributed by atoms with Gasteiger partial charge < -0.3 is 0 Å². The van der Waals surface area contributed by atoms with E-state index in [1.165, 1.54) is 28.4 Å². The number of nitrogens with zero attached hydrogens (tertiary/aromatic N) is 1. The first-order valence-electron chi connectivity index (χ1n) is 7.34. The van der Waals surface area contributed by atoms with E-state index in [-0.39, 0.29) is 0 Å². The van der Waals surface area contributed by atoms with Crippen molar-refractivity contribution in [2.24, 2.45) is 17.3 Å². The van der Waals surface area contributed by atoms with Gasteiger partial charge in [-0.15, -0.1) is 22.9 Å². The van der Waals surface area contributed by atoms with Crippen LogP contribution in [-0.4, -0.2) is 10.4 Å². The summed E-state index contributed by atoms with van der Waals surface area (Å²) in [5.74, 6) is 1.40. The normalized spacial score (nSPS) is 28.6. The third-order valence-corrected chi connectivity index (χ3v) is 6.29. The first-order valence-corrected chi connectivity index (χ1v) is 8.59. The quantitative estimate of drug-likeness (QED) is 0.669. The van der Waals surface area contributed by atoms with Gasteiger partial charge in [0.15, 0.2) is 0 Å². The highest BCUT2D eigenvalue weighted by molar-refractivity contribution is 7.11. The topological polar surface area (TPSA) is 12.9 Å². The van der Waals surface area contributed by atoms with Crippen LogP contribution >= 0.6 is 22.9 Å². The van der Waals surface area contributed by atoms with Crippen molar-refractivity contribution in [2.75, 3.05) is 0 Å². The molecule has 3 unspecified atom stereocenters. The van der Waals surface area contributed by atoms with Gasteiger partial charge in [-0.2, -0.15) is 0 Å². The molecule has 1 aliphatic carbocycles. The van der Waals surface area contributed by atoms with E-state index >= 15 is 0 Å². The fourth-order valence-corrected chi connectivity index (χ4v) is 4.42. The third kappa shape index (κ3) is 3.72. The molecule has 0 N–H and O–H groups in total. The predicted octanol–water partition coefficient (Wildman–Crippen LogP) is 5.37. The molecule has 1 aromatic heterocycles. The van der Waals surface area contributed by atoms with E-state index in [1.54, 1.807) is 0 Å². The van der Waals surface area contributed by atoms with E-state index in [4.69, 9.17) is 11.6 Å². The molecule has 1 nitrogen and oxygen atoms in total. The smallest absolute Gasteiger partial charge is 0.0934 e. The van der Waals surface area contributed by atoms with Crippen molar-refractivity contribution in [3.8, 4) is 0 Å². The van der Waals surface area contributed by atoms with E-state index in [1.807, 2.05) is 11.3 Å². The summed E-state index contributed by atoms with van der Waals surface area (Å²) in [4.78, 5) is 6.04. The average Bonchev–Trinajstić information content (AvgIpc) is 2.59. The molecule has 0 saturated heterocycles. The standard InChI is InChI=1S/C16H26ClNS/c1-10-11(2)19-15(18-10)9-12-8-13(16(3,4)5)6-7-14(12)17/h12-14H,6-9H2,1-5H3. The molecule has 1 aromatic rings. The second-order valence-electron chi connectivity index (χ2n) is 7.11. The van der Waals surface area contributed by atoms with Crippen molar-refractivity contribution in [2.45, 2.75) is 65.7 Å². The largest absolute Gasteiger partial charge is 0.246 e. The summed E-state index contributed by atoms with van der Waals surface area (Å²) in [6, 6.07) is 0. The SMILES string of the molecule is Cc1nc(CC2CC(C(C)(C)C)CCC2Cl)sc1C. The number of thiazole rings is 1. The minimum absolute atomic E-state index is 0.336. The van der Waals surface area contributed by atoms with Crippen LogP contribution < -0.4 is 0 Å². The molecule has 2 rings (SSSR count). The number of aryl methyl sites for hydroxylation is 2. The van der Waals surface area contributed by atoms with E-state index in [9.17, 15) is 0 Å². The van der Waals surface area contributed by atoms with Crippen molar-refractivity contribution in [3.05, 3.63) is 15.6 Å². The second-order valence-corrected chi connectivity index (χ2v) is 8.95. The monoisotopic (exact) mass is 299 g/mol. The molecule has 19 heavy (non-hydrogen) atoms. The number of alkyl halides is 1. The van der Waals surface area contributed by atoms with Crippen molar-refractivity contribution >= 4 is 22.9 Å². The fraction of sp³-hybridized carbons (Fsp3) is 0.812. The molecular formula is C16H26ClNS. The Kier molecular flexibility index (Phi) is 4.62. The number of rotatable bonds is 2. The molecule has 0 bridgehead atoms. The molecule has 0 aliphatic heterocycles. The molecule has 0 amide bonds. The van der Waals surface area contributed by atoms with Gasteiger partial charge in [-0.3, -0.25) is 0 Å². The lowest BCUT2D eigenvalue weighted by molar-refractivity contribution is 0.144. The van der Waals surface area contributed by atoms with Gasteiger partial charge in [-0.1, -0.05) is 20.8 Å². The van der Waals surface area contributed by atoms with E-state index in [0.29, 0.717) is 16.7 Å². The predicted molar refractivity (Wildman–Crippen MR) is 85.2 cm³/mol. The average molecular weight is 300 g/mol. The lowest BCUT2D eigenvalue weighted by Gasteiger charge is -2.39. The van der Waals surface area contributed by atoms with Crippen molar-refractivity contribution < 1.29 is 0 Å². The molecule has 0 spiro atoms. The number of aromatic nitrogens is 1. The van der Waals surface area contributed by atoms with Crippen LogP contribution in [0.1, 0.15) is 55.6 Å². The molecule has 0 aromatic carbocycles. The molecule has 1 fully saturated rings. The zero-order valence-electron chi connectivity index (χ0n) is 12.8. The van der Waals surface area contributed by atoms with Gasteiger partial charge in [-0.05, 0) is 50.4 Å². The van der Waals surface area contributed by atoms with Crippen LogP contribution in [0.2, 0.25) is 0 Å². The maximum atomic E-state index is 6.57. The summed E-state index contributed by atoms with van der Waals surface area (Å²) in [6.45, 7) is 11.3. The zero-order chi connectivity index (χ0) is 14.2. The molecule has 3 atom stereocenters. The van der Waals surface area contributed by atoms with Gasteiger partial charge in [0.2, 0.25) is 0 Å². The van der Waals surface area contributed by atoms with Gasteiger partial charge in [0.05, 0.1) is 10.7 Å². The Morgan fingerprint density at radius 2 is 1.95 bits per heavy atom. The summed E-state index contributed by atoms with van der Waals surface area (Å²) in [6.07, 6.45) is 4.77. The summed E-state index contributed by atoms with van der Waals surface area (Å²) >= 11 is 8.42. The summed E-state index contributed by atoms with van der Waals surface area (Å²) in [5, 5.41) is 1.61. The Morgan fingerprint density at radius 1 is 1.26 bits per heavy atom. The highest BCUT2D eigenvalue weighted by Gasteiger charge is 2.35. The van der Waals surface area contributed by atoms with E-state index in [2.05, 4.69) is 39.6 Å². The van der Waals surface area contributed by atoms with Crippen molar-refractivity contribution in [3.63, 3.8) is 0 Å². The van der Waals surface area contributed by atoms with Crippen LogP contribution in [0.25, 0.3) is 0 Å². The third-order valence-electron chi connectivity index (χ3n) is 4.62. The molecule has 1 heterocycles. The highest BCUT2D eigenvalue weighted by atomic mass is 35.5.